The van der Waals surface area contributed by atoms with Crippen LogP contribution in [0.3, 0.4) is 0 Å². The number of para-hydroxylation sites is 2. The van der Waals surface area contributed by atoms with E-state index in [9.17, 15) is 4.39 Å². The van der Waals surface area contributed by atoms with E-state index >= 15 is 0 Å². The predicted octanol–water partition coefficient (Wildman–Crippen LogP) is 3.02. The van der Waals surface area contributed by atoms with Gasteiger partial charge in [0.15, 0.2) is 0 Å². The van der Waals surface area contributed by atoms with Crippen molar-refractivity contribution >= 4 is 17.1 Å². The highest BCUT2D eigenvalue weighted by atomic mass is 19.1. The molecule has 3 N–H and O–H groups in total. The third kappa shape index (κ3) is 2.18. The Morgan fingerprint density at radius 1 is 1.12 bits per heavy atom. The fourth-order valence-electron chi connectivity index (χ4n) is 1.50. The van der Waals surface area contributed by atoms with Gasteiger partial charge in [-0.05, 0) is 24.3 Å². The summed E-state index contributed by atoms with van der Waals surface area (Å²) in [6.45, 7) is 0. The summed E-state index contributed by atoms with van der Waals surface area (Å²) in [7, 11) is 0. The molecule has 0 radical (unpaired) electrons. The molecular formula is C13H10FN3. The Balaban J connectivity index is 2.42. The summed E-state index contributed by atoms with van der Waals surface area (Å²) >= 11 is 0. The predicted molar refractivity (Wildman–Crippen MR) is 65.3 cm³/mol. The van der Waals surface area contributed by atoms with Crippen LogP contribution in [0.15, 0.2) is 42.5 Å². The summed E-state index contributed by atoms with van der Waals surface area (Å²) in [6, 6.07) is 13.3. The van der Waals surface area contributed by atoms with E-state index in [-0.39, 0.29) is 5.69 Å². The molecule has 0 heterocycles. The number of nitriles is 1. The molecule has 0 unspecified atom stereocenters. The van der Waals surface area contributed by atoms with Crippen LogP contribution in [0.5, 0.6) is 0 Å². The number of nitrogens with two attached hydrogens (primary N) is 1. The number of nitrogen functional groups attached to an aromatic ring is 1. The molecular weight excluding hydrogens is 217 g/mol. The molecule has 0 aromatic heterocycles. The van der Waals surface area contributed by atoms with Crippen LogP contribution in [0.2, 0.25) is 0 Å². The Labute approximate surface area is 98.3 Å². The van der Waals surface area contributed by atoms with Crippen molar-refractivity contribution in [3.05, 3.63) is 53.8 Å². The first-order chi connectivity index (χ1) is 8.22. The molecule has 0 saturated carbocycles. The third-order valence-electron chi connectivity index (χ3n) is 2.35. The molecule has 3 nitrogen and oxygen atoms in total. The van der Waals surface area contributed by atoms with Crippen molar-refractivity contribution in [1.29, 1.82) is 5.26 Å². The van der Waals surface area contributed by atoms with Gasteiger partial charge in [0, 0.05) is 0 Å². The van der Waals surface area contributed by atoms with Crippen molar-refractivity contribution in [3.8, 4) is 6.07 Å². The molecule has 0 amide bonds. The maximum absolute atomic E-state index is 13.5. The Morgan fingerprint density at radius 3 is 2.59 bits per heavy atom. The molecule has 0 aliphatic carbocycles. The van der Waals surface area contributed by atoms with E-state index in [4.69, 9.17) is 11.0 Å². The van der Waals surface area contributed by atoms with Gasteiger partial charge in [0.2, 0.25) is 0 Å². The second-order valence-electron chi connectivity index (χ2n) is 3.49. The minimum Gasteiger partial charge on any atom is -0.397 e. The first-order valence-corrected chi connectivity index (χ1v) is 5.02. The lowest BCUT2D eigenvalue weighted by atomic mass is 10.1. The highest BCUT2D eigenvalue weighted by Gasteiger charge is 2.08. The largest absolute Gasteiger partial charge is 0.397 e. The molecule has 0 bridgehead atoms. The van der Waals surface area contributed by atoms with Crippen LogP contribution in [0.1, 0.15) is 5.56 Å². The van der Waals surface area contributed by atoms with Crippen molar-refractivity contribution < 1.29 is 4.39 Å². The summed E-state index contributed by atoms with van der Waals surface area (Å²) in [5, 5.41) is 11.8. The van der Waals surface area contributed by atoms with Crippen LogP contribution in [0.25, 0.3) is 0 Å². The van der Waals surface area contributed by atoms with Crippen molar-refractivity contribution in [2.45, 2.75) is 0 Å². The monoisotopic (exact) mass is 227 g/mol. The average molecular weight is 227 g/mol. The zero-order valence-corrected chi connectivity index (χ0v) is 8.94. The van der Waals surface area contributed by atoms with E-state index in [1.807, 2.05) is 6.07 Å². The van der Waals surface area contributed by atoms with Crippen LogP contribution >= 0.6 is 0 Å². The number of benzene rings is 2. The number of anilines is 3. The molecule has 84 valence electrons. The normalized spacial score (nSPS) is 9.65. The van der Waals surface area contributed by atoms with E-state index < -0.39 is 5.82 Å². The van der Waals surface area contributed by atoms with Gasteiger partial charge in [0.1, 0.15) is 11.9 Å². The van der Waals surface area contributed by atoms with Gasteiger partial charge in [-0.15, -0.1) is 0 Å². The number of nitrogens with one attached hydrogen (secondary N) is 1. The van der Waals surface area contributed by atoms with Crippen molar-refractivity contribution in [2.75, 3.05) is 11.1 Å². The van der Waals surface area contributed by atoms with Gasteiger partial charge < -0.3 is 11.1 Å². The molecule has 0 aliphatic rings. The van der Waals surface area contributed by atoms with E-state index in [1.54, 1.807) is 30.3 Å². The lowest BCUT2D eigenvalue weighted by Crippen LogP contribution is -2.00. The van der Waals surface area contributed by atoms with Gasteiger partial charge in [0.05, 0.1) is 22.6 Å². The summed E-state index contributed by atoms with van der Waals surface area (Å²) in [4.78, 5) is 0. The quantitative estimate of drug-likeness (QED) is 0.775. The maximum atomic E-state index is 13.5. The number of hydrogen-bond donors (Lipinski definition) is 2. The Bertz CT molecular complexity index is 567. The number of halogens is 1. The topological polar surface area (TPSA) is 61.8 Å². The molecule has 0 fully saturated rings. The fraction of sp³-hybridized carbons (Fsp3) is 0. The second-order valence-corrected chi connectivity index (χ2v) is 3.49. The minimum absolute atomic E-state index is 0.190. The van der Waals surface area contributed by atoms with Gasteiger partial charge in [-0.2, -0.15) is 5.26 Å². The lowest BCUT2D eigenvalue weighted by molar-refractivity contribution is 0.632. The number of nitrogens with zero attached hydrogens (tertiary/aromatic N) is 1. The third-order valence-corrected chi connectivity index (χ3v) is 2.35. The highest BCUT2D eigenvalue weighted by molar-refractivity contribution is 5.75. The van der Waals surface area contributed by atoms with Crippen molar-refractivity contribution in [2.24, 2.45) is 0 Å². The van der Waals surface area contributed by atoms with Crippen molar-refractivity contribution in [1.82, 2.24) is 0 Å². The van der Waals surface area contributed by atoms with E-state index in [1.165, 1.54) is 12.1 Å². The van der Waals surface area contributed by atoms with Crippen LogP contribution in [0.4, 0.5) is 21.5 Å². The zero-order chi connectivity index (χ0) is 12.3. The number of rotatable bonds is 2. The smallest absolute Gasteiger partial charge is 0.148 e. The molecule has 17 heavy (non-hydrogen) atoms. The first kappa shape index (κ1) is 11.0. The van der Waals surface area contributed by atoms with E-state index in [0.717, 1.165) is 0 Å². The summed E-state index contributed by atoms with van der Waals surface area (Å²) in [6.07, 6.45) is 0. The van der Waals surface area contributed by atoms with E-state index in [2.05, 4.69) is 5.32 Å². The van der Waals surface area contributed by atoms with Gasteiger partial charge in [-0.1, -0.05) is 18.2 Å². The van der Waals surface area contributed by atoms with Gasteiger partial charge >= 0.3 is 0 Å². The van der Waals surface area contributed by atoms with Gasteiger partial charge in [-0.25, -0.2) is 4.39 Å². The van der Waals surface area contributed by atoms with Gasteiger partial charge in [-0.3, -0.25) is 0 Å². The molecule has 0 atom stereocenters. The Hall–Kier alpha value is -2.54. The van der Waals surface area contributed by atoms with Crippen LogP contribution < -0.4 is 11.1 Å². The number of hydrogen-bond acceptors (Lipinski definition) is 3. The standard InChI is InChI=1S/C13H10FN3/c14-10-5-3-6-11(16)13(10)17-12-7-2-1-4-9(12)8-15/h1-7,17H,16H2. The fourth-order valence-corrected chi connectivity index (χ4v) is 1.50. The Kier molecular flexibility index (Phi) is 2.93. The summed E-state index contributed by atoms with van der Waals surface area (Å²) in [5.74, 6) is -0.447. The first-order valence-electron chi connectivity index (χ1n) is 5.02. The molecule has 0 aliphatic heterocycles. The van der Waals surface area contributed by atoms with Crippen LogP contribution in [0, 0.1) is 17.1 Å². The Morgan fingerprint density at radius 2 is 1.88 bits per heavy atom. The van der Waals surface area contributed by atoms with Crippen LogP contribution in [-0.4, -0.2) is 0 Å². The second kappa shape index (κ2) is 4.54. The lowest BCUT2D eigenvalue weighted by Gasteiger charge is -2.11. The van der Waals surface area contributed by atoms with Crippen molar-refractivity contribution in [3.63, 3.8) is 0 Å². The SMILES string of the molecule is N#Cc1ccccc1Nc1c(N)cccc1F. The van der Waals surface area contributed by atoms with Crippen LogP contribution in [-0.2, 0) is 0 Å². The molecule has 0 spiro atoms. The summed E-state index contributed by atoms with van der Waals surface area (Å²) < 4.78 is 13.5. The maximum Gasteiger partial charge on any atom is 0.148 e. The highest BCUT2D eigenvalue weighted by Crippen LogP contribution is 2.27. The molecule has 2 aromatic carbocycles. The molecule has 0 saturated heterocycles. The van der Waals surface area contributed by atoms with E-state index in [0.29, 0.717) is 16.9 Å². The summed E-state index contributed by atoms with van der Waals surface area (Å²) in [5.41, 5.74) is 7.14. The van der Waals surface area contributed by atoms with Gasteiger partial charge in [0.25, 0.3) is 0 Å². The average Bonchev–Trinajstić information content (AvgIpc) is 2.34. The minimum atomic E-state index is -0.447. The zero-order valence-electron chi connectivity index (χ0n) is 8.94. The molecule has 2 aromatic rings. The molecule has 4 heteroatoms. The molecule has 2 rings (SSSR count).